The fraction of sp³-hybridized carbons (Fsp3) is 0.333. The van der Waals surface area contributed by atoms with Crippen LogP contribution in [-0.2, 0) is 20.9 Å². The SMILES string of the molecule is CCOc1ccc(CN(C)C(=O)COC(=O)COc2ccc(OC)cc2)cc1. The largest absolute Gasteiger partial charge is 0.497 e. The normalized spacial score (nSPS) is 10.1. The highest BCUT2D eigenvalue weighted by molar-refractivity contribution is 5.80. The zero-order valence-electron chi connectivity index (χ0n) is 16.3. The summed E-state index contributed by atoms with van der Waals surface area (Å²) in [6.45, 7) is 2.32. The van der Waals surface area contributed by atoms with Gasteiger partial charge in [0.25, 0.3) is 5.91 Å². The van der Waals surface area contributed by atoms with Crippen molar-refractivity contribution < 1.29 is 28.5 Å². The Labute approximate surface area is 164 Å². The molecule has 2 aromatic rings. The number of amides is 1. The molecule has 2 rings (SSSR count). The van der Waals surface area contributed by atoms with E-state index in [1.807, 2.05) is 31.2 Å². The van der Waals surface area contributed by atoms with Gasteiger partial charge in [-0.15, -0.1) is 0 Å². The molecule has 0 radical (unpaired) electrons. The van der Waals surface area contributed by atoms with Gasteiger partial charge in [-0.1, -0.05) is 12.1 Å². The van der Waals surface area contributed by atoms with E-state index in [2.05, 4.69) is 0 Å². The molecule has 0 aliphatic carbocycles. The van der Waals surface area contributed by atoms with Gasteiger partial charge in [-0.05, 0) is 48.9 Å². The van der Waals surface area contributed by atoms with Crippen molar-refractivity contribution in [1.82, 2.24) is 4.90 Å². The summed E-state index contributed by atoms with van der Waals surface area (Å²) in [5, 5.41) is 0. The lowest BCUT2D eigenvalue weighted by Crippen LogP contribution is -2.31. The van der Waals surface area contributed by atoms with E-state index >= 15 is 0 Å². The number of hydrogen-bond donors (Lipinski definition) is 0. The first-order valence-corrected chi connectivity index (χ1v) is 8.90. The molecule has 2 aromatic carbocycles. The molecule has 0 aliphatic rings. The van der Waals surface area contributed by atoms with E-state index < -0.39 is 5.97 Å². The van der Waals surface area contributed by atoms with Crippen LogP contribution in [0.5, 0.6) is 17.2 Å². The Morgan fingerprint density at radius 2 is 1.43 bits per heavy atom. The Kier molecular flexibility index (Phi) is 8.14. The van der Waals surface area contributed by atoms with Crippen LogP contribution in [-0.4, -0.2) is 50.8 Å². The fourth-order valence-electron chi connectivity index (χ4n) is 2.33. The number of esters is 1. The molecule has 0 fully saturated rings. The van der Waals surface area contributed by atoms with Crippen molar-refractivity contribution in [2.45, 2.75) is 13.5 Å². The second kappa shape index (κ2) is 10.8. The number of benzene rings is 2. The summed E-state index contributed by atoms with van der Waals surface area (Å²) < 4.78 is 20.7. The minimum Gasteiger partial charge on any atom is -0.497 e. The summed E-state index contributed by atoms with van der Waals surface area (Å²) in [5.74, 6) is 1.07. The second-order valence-electron chi connectivity index (χ2n) is 5.95. The van der Waals surface area contributed by atoms with Crippen LogP contribution in [0.2, 0.25) is 0 Å². The van der Waals surface area contributed by atoms with Crippen LogP contribution in [0.3, 0.4) is 0 Å². The number of methoxy groups -OCH3 is 1. The first kappa shape index (κ1) is 21.1. The van der Waals surface area contributed by atoms with Crippen molar-refractivity contribution in [3.63, 3.8) is 0 Å². The van der Waals surface area contributed by atoms with Gasteiger partial charge < -0.3 is 23.8 Å². The van der Waals surface area contributed by atoms with Crippen molar-refractivity contribution in [2.75, 3.05) is 34.0 Å². The molecule has 7 nitrogen and oxygen atoms in total. The van der Waals surface area contributed by atoms with E-state index in [1.54, 1.807) is 38.4 Å². The first-order chi connectivity index (χ1) is 13.5. The Bertz CT molecular complexity index is 757. The zero-order valence-corrected chi connectivity index (χ0v) is 16.3. The van der Waals surface area contributed by atoms with Gasteiger partial charge in [0.05, 0.1) is 13.7 Å². The molecular weight excluding hydrogens is 362 g/mol. The minimum absolute atomic E-state index is 0.276. The minimum atomic E-state index is -0.612. The fourth-order valence-corrected chi connectivity index (χ4v) is 2.33. The number of rotatable bonds is 10. The quantitative estimate of drug-likeness (QED) is 0.584. The van der Waals surface area contributed by atoms with Crippen LogP contribution in [0.1, 0.15) is 12.5 Å². The van der Waals surface area contributed by atoms with Crippen molar-refractivity contribution in [3.05, 3.63) is 54.1 Å². The highest BCUT2D eigenvalue weighted by Gasteiger charge is 2.13. The predicted octanol–water partition coefficient (Wildman–Crippen LogP) is 2.67. The third-order valence-electron chi connectivity index (χ3n) is 3.85. The van der Waals surface area contributed by atoms with E-state index in [-0.39, 0.29) is 19.1 Å². The Morgan fingerprint density at radius 1 is 0.857 bits per heavy atom. The van der Waals surface area contributed by atoms with E-state index in [0.717, 1.165) is 11.3 Å². The van der Waals surface area contributed by atoms with Crippen molar-refractivity contribution in [1.29, 1.82) is 0 Å². The Hall–Kier alpha value is -3.22. The van der Waals surface area contributed by atoms with Crippen LogP contribution in [0.15, 0.2) is 48.5 Å². The van der Waals surface area contributed by atoms with Crippen LogP contribution in [0, 0.1) is 0 Å². The van der Waals surface area contributed by atoms with Crippen LogP contribution in [0.4, 0.5) is 0 Å². The Morgan fingerprint density at radius 3 is 2.04 bits per heavy atom. The standard InChI is InChI=1S/C21H25NO6/c1-4-26-18-7-5-16(6-8-18)13-22(2)20(23)14-28-21(24)15-27-19-11-9-17(25-3)10-12-19/h5-12H,4,13-15H2,1-3H3. The number of likely N-dealkylation sites (N-methyl/N-ethyl adjacent to an activating group) is 1. The van der Waals surface area contributed by atoms with Crippen LogP contribution < -0.4 is 14.2 Å². The van der Waals surface area contributed by atoms with Crippen molar-refractivity contribution >= 4 is 11.9 Å². The number of nitrogens with zero attached hydrogens (tertiary/aromatic N) is 1. The molecule has 0 atom stereocenters. The highest BCUT2D eigenvalue weighted by Crippen LogP contribution is 2.17. The number of carbonyl (C=O) groups excluding carboxylic acids is 2. The number of carbonyl (C=O) groups is 2. The molecule has 0 bridgehead atoms. The molecule has 0 N–H and O–H groups in total. The summed E-state index contributed by atoms with van der Waals surface area (Å²) >= 11 is 0. The Balaban J connectivity index is 1.71. The molecule has 28 heavy (non-hydrogen) atoms. The maximum absolute atomic E-state index is 12.1. The number of hydrogen-bond acceptors (Lipinski definition) is 6. The van der Waals surface area contributed by atoms with Crippen LogP contribution >= 0.6 is 0 Å². The molecule has 0 aliphatic heterocycles. The number of ether oxygens (including phenoxy) is 4. The average molecular weight is 387 g/mol. The lowest BCUT2D eigenvalue weighted by atomic mass is 10.2. The zero-order chi connectivity index (χ0) is 20.4. The molecular formula is C21H25NO6. The summed E-state index contributed by atoms with van der Waals surface area (Å²) in [7, 11) is 3.22. The maximum Gasteiger partial charge on any atom is 0.344 e. The van der Waals surface area contributed by atoms with Gasteiger partial charge in [0.15, 0.2) is 13.2 Å². The summed E-state index contributed by atoms with van der Waals surface area (Å²) in [4.78, 5) is 25.4. The molecule has 0 spiro atoms. The van der Waals surface area contributed by atoms with E-state index in [9.17, 15) is 9.59 Å². The van der Waals surface area contributed by atoms with Gasteiger partial charge in [0.2, 0.25) is 0 Å². The summed E-state index contributed by atoms with van der Waals surface area (Å²) in [5.41, 5.74) is 0.952. The average Bonchev–Trinajstić information content (AvgIpc) is 2.72. The second-order valence-corrected chi connectivity index (χ2v) is 5.95. The predicted molar refractivity (Wildman–Crippen MR) is 104 cm³/mol. The molecule has 7 heteroatoms. The molecule has 1 amide bonds. The third-order valence-corrected chi connectivity index (χ3v) is 3.85. The smallest absolute Gasteiger partial charge is 0.344 e. The van der Waals surface area contributed by atoms with Crippen molar-refractivity contribution in [2.24, 2.45) is 0 Å². The van der Waals surface area contributed by atoms with Gasteiger partial charge in [-0.25, -0.2) is 4.79 Å². The van der Waals surface area contributed by atoms with E-state index in [0.29, 0.717) is 24.7 Å². The van der Waals surface area contributed by atoms with Gasteiger partial charge in [0, 0.05) is 13.6 Å². The maximum atomic E-state index is 12.1. The monoisotopic (exact) mass is 387 g/mol. The third kappa shape index (κ3) is 6.83. The van der Waals surface area contributed by atoms with Gasteiger partial charge in [-0.3, -0.25) is 4.79 Å². The lowest BCUT2D eigenvalue weighted by molar-refractivity contribution is -0.153. The topological polar surface area (TPSA) is 74.3 Å². The highest BCUT2D eigenvalue weighted by atomic mass is 16.6. The molecule has 0 unspecified atom stereocenters. The van der Waals surface area contributed by atoms with Gasteiger partial charge in [-0.2, -0.15) is 0 Å². The lowest BCUT2D eigenvalue weighted by Gasteiger charge is -2.17. The molecule has 0 heterocycles. The summed E-state index contributed by atoms with van der Waals surface area (Å²) in [6.07, 6.45) is 0. The van der Waals surface area contributed by atoms with Gasteiger partial charge >= 0.3 is 5.97 Å². The molecule has 150 valence electrons. The van der Waals surface area contributed by atoms with E-state index in [1.165, 1.54) is 4.90 Å². The molecule has 0 saturated heterocycles. The summed E-state index contributed by atoms with van der Waals surface area (Å²) in [6, 6.07) is 14.3. The van der Waals surface area contributed by atoms with E-state index in [4.69, 9.17) is 18.9 Å². The molecule has 0 aromatic heterocycles. The molecule has 0 saturated carbocycles. The van der Waals surface area contributed by atoms with Crippen LogP contribution in [0.25, 0.3) is 0 Å². The first-order valence-electron chi connectivity index (χ1n) is 8.90. The van der Waals surface area contributed by atoms with Gasteiger partial charge in [0.1, 0.15) is 17.2 Å². The van der Waals surface area contributed by atoms with Crippen molar-refractivity contribution in [3.8, 4) is 17.2 Å².